The summed E-state index contributed by atoms with van der Waals surface area (Å²) in [5.41, 5.74) is 2.85. The minimum atomic E-state index is 0.136. The van der Waals surface area contributed by atoms with E-state index in [9.17, 15) is 0 Å². The molecule has 0 radical (unpaired) electrons. The molecule has 1 rings (SSSR count). The van der Waals surface area contributed by atoms with Crippen LogP contribution in [0.15, 0.2) is 10.9 Å². The number of thiazole rings is 1. The lowest BCUT2D eigenvalue weighted by molar-refractivity contribution is 0.247. The Kier molecular flexibility index (Phi) is 3.48. The Labute approximate surface area is 70.1 Å². The molecule has 3 nitrogen and oxygen atoms in total. The Balaban J connectivity index is 2.41. The number of aliphatic hydroxyl groups is 1. The first-order chi connectivity index (χ1) is 5.36. The van der Waals surface area contributed by atoms with Crippen LogP contribution in [-0.4, -0.2) is 29.8 Å². The van der Waals surface area contributed by atoms with E-state index in [2.05, 4.69) is 10.3 Å². The average Bonchev–Trinajstić information content (AvgIpc) is 2.52. The maximum Gasteiger partial charge on any atom is 0.0794 e. The maximum absolute atomic E-state index is 8.84. The van der Waals surface area contributed by atoms with Crippen LogP contribution in [0.2, 0.25) is 0 Å². The highest BCUT2D eigenvalue weighted by Gasteiger charge is 2.05. The molecule has 62 valence electrons. The summed E-state index contributed by atoms with van der Waals surface area (Å²) in [5.74, 6) is 0. The molecule has 1 heterocycles. The summed E-state index contributed by atoms with van der Waals surface area (Å²) < 4.78 is 0. The van der Waals surface area contributed by atoms with Gasteiger partial charge in [-0.2, -0.15) is 0 Å². The molecule has 0 aliphatic carbocycles. The third kappa shape index (κ3) is 2.57. The number of nitrogens with zero attached hydrogens (tertiary/aromatic N) is 1. The lowest BCUT2D eigenvalue weighted by Crippen LogP contribution is -2.31. The van der Waals surface area contributed by atoms with Crippen LogP contribution in [0.5, 0.6) is 0 Å². The summed E-state index contributed by atoms with van der Waals surface area (Å²) in [7, 11) is 1.84. The van der Waals surface area contributed by atoms with Crippen LogP contribution >= 0.6 is 11.3 Å². The Morgan fingerprint density at radius 2 is 2.64 bits per heavy atom. The molecule has 0 saturated heterocycles. The normalized spacial score (nSPS) is 13.3. The summed E-state index contributed by atoms with van der Waals surface area (Å²) in [6.45, 7) is 0.161. The van der Waals surface area contributed by atoms with Crippen molar-refractivity contribution in [3.8, 4) is 0 Å². The van der Waals surface area contributed by atoms with Gasteiger partial charge in [-0.3, -0.25) is 0 Å². The monoisotopic (exact) mass is 172 g/mol. The molecule has 11 heavy (non-hydrogen) atoms. The van der Waals surface area contributed by atoms with Gasteiger partial charge < -0.3 is 10.4 Å². The second kappa shape index (κ2) is 4.43. The van der Waals surface area contributed by atoms with Crippen LogP contribution in [0.3, 0.4) is 0 Å². The minimum Gasteiger partial charge on any atom is -0.395 e. The predicted octanol–water partition coefficient (Wildman–Crippen LogP) is 0.266. The lowest BCUT2D eigenvalue weighted by Gasteiger charge is -2.09. The standard InChI is InChI=1S/C7H12N2OS/c1-8-6(3-10)2-7-4-11-5-9-7/h4-6,8,10H,2-3H2,1H3. The molecule has 1 atom stereocenters. The van der Waals surface area contributed by atoms with E-state index in [0.29, 0.717) is 0 Å². The van der Waals surface area contributed by atoms with Gasteiger partial charge >= 0.3 is 0 Å². The van der Waals surface area contributed by atoms with Gasteiger partial charge in [-0.1, -0.05) is 0 Å². The summed E-state index contributed by atoms with van der Waals surface area (Å²) in [6.07, 6.45) is 0.802. The van der Waals surface area contributed by atoms with Gasteiger partial charge in [0.15, 0.2) is 0 Å². The third-order valence-corrected chi connectivity index (χ3v) is 2.20. The Bertz CT molecular complexity index is 184. The van der Waals surface area contributed by atoms with E-state index < -0.39 is 0 Å². The quantitative estimate of drug-likeness (QED) is 0.685. The largest absolute Gasteiger partial charge is 0.395 e. The highest BCUT2D eigenvalue weighted by atomic mass is 32.1. The van der Waals surface area contributed by atoms with Crippen molar-refractivity contribution in [1.82, 2.24) is 10.3 Å². The Hall–Kier alpha value is -0.450. The van der Waals surface area contributed by atoms with E-state index in [1.165, 1.54) is 0 Å². The van der Waals surface area contributed by atoms with E-state index >= 15 is 0 Å². The first-order valence-corrected chi connectivity index (χ1v) is 4.46. The van der Waals surface area contributed by atoms with E-state index in [1.54, 1.807) is 16.8 Å². The molecule has 0 amide bonds. The van der Waals surface area contributed by atoms with Gasteiger partial charge in [0.25, 0.3) is 0 Å². The Morgan fingerprint density at radius 3 is 3.09 bits per heavy atom. The molecule has 0 bridgehead atoms. The van der Waals surface area contributed by atoms with Crippen molar-refractivity contribution >= 4 is 11.3 Å². The molecule has 2 N–H and O–H groups in total. The molecule has 0 saturated carbocycles. The number of aliphatic hydroxyl groups excluding tert-OH is 1. The first-order valence-electron chi connectivity index (χ1n) is 3.52. The van der Waals surface area contributed by atoms with Crippen LogP contribution in [-0.2, 0) is 6.42 Å². The topological polar surface area (TPSA) is 45.1 Å². The molecular weight excluding hydrogens is 160 g/mol. The molecule has 0 aliphatic heterocycles. The van der Waals surface area contributed by atoms with E-state index in [4.69, 9.17) is 5.11 Å². The van der Waals surface area contributed by atoms with E-state index in [1.807, 2.05) is 12.4 Å². The van der Waals surface area contributed by atoms with Gasteiger partial charge in [0.05, 0.1) is 17.8 Å². The van der Waals surface area contributed by atoms with Gasteiger partial charge in [0.2, 0.25) is 0 Å². The van der Waals surface area contributed by atoms with E-state index in [-0.39, 0.29) is 12.6 Å². The van der Waals surface area contributed by atoms with Gasteiger partial charge in [0.1, 0.15) is 0 Å². The molecule has 0 aromatic carbocycles. The number of nitrogens with one attached hydrogen (secondary N) is 1. The van der Waals surface area contributed by atoms with Crippen LogP contribution in [0.4, 0.5) is 0 Å². The molecule has 1 unspecified atom stereocenters. The zero-order valence-corrected chi connectivity index (χ0v) is 7.27. The van der Waals surface area contributed by atoms with Crippen LogP contribution < -0.4 is 5.32 Å². The summed E-state index contributed by atoms with van der Waals surface area (Å²) in [4.78, 5) is 4.12. The number of hydrogen-bond acceptors (Lipinski definition) is 4. The summed E-state index contributed by atoms with van der Waals surface area (Å²) in [6, 6.07) is 0.136. The van der Waals surface area contributed by atoms with Crippen molar-refractivity contribution in [3.05, 3.63) is 16.6 Å². The summed E-state index contributed by atoms with van der Waals surface area (Å²) in [5, 5.41) is 13.8. The van der Waals surface area contributed by atoms with Crippen molar-refractivity contribution < 1.29 is 5.11 Å². The van der Waals surface area contributed by atoms with E-state index in [0.717, 1.165) is 12.1 Å². The predicted molar refractivity (Wildman–Crippen MR) is 45.8 cm³/mol. The molecular formula is C7H12N2OS. The minimum absolute atomic E-state index is 0.136. The van der Waals surface area contributed by atoms with Gasteiger partial charge in [-0.15, -0.1) is 11.3 Å². The smallest absolute Gasteiger partial charge is 0.0794 e. The fraction of sp³-hybridized carbons (Fsp3) is 0.571. The lowest BCUT2D eigenvalue weighted by atomic mass is 10.2. The number of hydrogen-bond donors (Lipinski definition) is 2. The molecule has 0 aliphatic rings. The summed E-state index contributed by atoms with van der Waals surface area (Å²) >= 11 is 1.58. The maximum atomic E-state index is 8.84. The second-order valence-electron chi connectivity index (χ2n) is 2.35. The van der Waals surface area contributed by atoms with Gasteiger partial charge in [0, 0.05) is 17.8 Å². The highest BCUT2D eigenvalue weighted by molar-refractivity contribution is 7.07. The zero-order chi connectivity index (χ0) is 8.10. The average molecular weight is 172 g/mol. The van der Waals surface area contributed by atoms with Crippen molar-refractivity contribution in [2.45, 2.75) is 12.5 Å². The number of rotatable bonds is 4. The third-order valence-electron chi connectivity index (χ3n) is 1.57. The number of likely N-dealkylation sites (N-methyl/N-ethyl adjacent to an activating group) is 1. The molecule has 1 aromatic rings. The first kappa shape index (κ1) is 8.64. The van der Waals surface area contributed by atoms with Gasteiger partial charge in [-0.05, 0) is 7.05 Å². The van der Waals surface area contributed by atoms with Crippen molar-refractivity contribution in [2.24, 2.45) is 0 Å². The second-order valence-corrected chi connectivity index (χ2v) is 3.07. The Morgan fingerprint density at radius 1 is 1.82 bits per heavy atom. The highest BCUT2D eigenvalue weighted by Crippen LogP contribution is 2.03. The van der Waals surface area contributed by atoms with Crippen LogP contribution in [0, 0.1) is 0 Å². The van der Waals surface area contributed by atoms with Crippen LogP contribution in [0.25, 0.3) is 0 Å². The molecule has 0 spiro atoms. The fourth-order valence-electron chi connectivity index (χ4n) is 0.849. The number of aromatic nitrogens is 1. The van der Waals surface area contributed by atoms with Crippen molar-refractivity contribution in [1.29, 1.82) is 0 Å². The molecule has 0 fully saturated rings. The zero-order valence-electron chi connectivity index (χ0n) is 6.45. The van der Waals surface area contributed by atoms with Crippen molar-refractivity contribution in [3.63, 3.8) is 0 Å². The van der Waals surface area contributed by atoms with Gasteiger partial charge in [-0.25, -0.2) is 4.98 Å². The molecule has 1 aromatic heterocycles. The fourth-order valence-corrected chi connectivity index (χ4v) is 1.42. The van der Waals surface area contributed by atoms with Crippen molar-refractivity contribution in [2.75, 3.05) is 13.7 Å². The molecule has 4 heteroatoms. The van der Waals surface area contributed by atoms with Crippen LogP contribution in [0.1, 0.15) is 5.69 Å². The SMILES string of the molecule is CNC(CO)Cc1cscn1.